The van der Waals surface area contributed by atoms with Crippen molar-refractivity contribution < 1.29 is 4.39 Å². The molecule has 100 valence electrons. The number of halogens is 2. The van der Waals surface area contributed by atoms with Gasteiger partial charge < -0.3 is 5.73 Å². The fraction of sp³-hybridized carbons (Fsp3) is 0. The average molecular weight is 292 g/mol. The van der Waals surface area contributed by atoms with Gasteiger partial charge in [0.2, 0.25) is 5.95 Å². The minimum absolute atomic E-state index is 0.000826. The van der Waals surface area contributed by atoms with Gasteiger partial charge in [0.25, 0.3) is 5.95 Å². The third-order valence-electron chi connectivity index (χ3n) is 2.44. The zero-order valence-electron chi connectivity index (χ0n) is 9.90. The quantitative estimate of drug-likeness (QED) is 0.768. The topological polar surface area (TPSA) is 95.4 Å². The van der Waals surface area contributed by atoms with E-state index in [9.17, 15) is 4.39 Å². The summed E-state index contributed by atoms with van der Waals surface area (Å²) < 4.78 is 14.4. The molecule has 0 unspecified atom stereocenters. The third kappa shape index (κ3) is 2.28. The molecule has 0 aliphatic carbocycles. The van der Waals surface area contributed by atoms with Crippen LogP contribution in [-0.4, -0.2) is 29.7 Å². The number of nitrogens with two attached hydrogens (primary N) is 1. The van der Waals surface area contributed by atoms with Gasteiger partial charge in [-0.05, 0) is 18.2 Å². The second kappa shape index (κ2) is 4.82. The number of hydrogen-bond acceptors (Lipinski definition) is 6. The highest BCUT2D eigenvalue weighted by atomic mass is 35.5. The van der Waals surface area contributed by atoms with E-state index in [-0.39, 0.29) is 22.7 Å². The van der Waals surface area contributed by atoms with Gasteiger partial charge in [-0.2, -0.15) is 24.7 Å². The SMILES string of the molecule is Nc1nc(-c2ccc(F)cc2Cl)nc(-n2cncn2)n1. The Morgan fingerprint density at radius 1 is 1.20 bits per heavy atom. The number of hydrogen-bond donors (Lipinski definition) is 1. The van der Waals surface area contributed by atoms with Crippen molar-refractivity contribution in [3.8, 4) is 17.3 Å². The molecule has 0 spiro atoms. The summed E-state index contributed by atoms with van der Waals surface area (Å²) in [6.07, 6.45) is 2.76. The van der Waals surface area contributed by atoms with E-state index in [0.717, 1.165) is 0 Å². The highest BCUT2D eigenvalue weighted by Crippen LogP contribution is 2.26. The van der Waals surface area contributed by atoms with Crippen molar-refractivity contribution >= 4 is 17.5 Å². The largest absolute Gasteiger partial charge is 0.368 e. The van der Waals surface area contributed by atoms with E-state index >= 15 is 0 Å². The molecule has 0 aliphatic heterocycles. The zero-order chi connectivity index (χ0) is 14.1. The molecule has 0 bridgehead atoms. The number of anilines is 1. The van der Waals surface area contributed by atoms with Gasteiger partial charge in [-0.25, -0.2) is 9.37 Å². The molecule has 0 amide bonds. The predicted octanol–water partition coefficient (Wildman–Crippen LogP) is 1.49. The van der Waals surface area contributed by atoms with Crippen molar-refractivity contribution in [1.82, 2.24) is 29.7 Å². The maximum absolute atomic E-state index is 13.1. The Bertz CT molecular complexity index is 759. The first-order valence-electron chi connectivity index (χ1n) is 5.45. The number of aromatic nitrogens is 6. The summed E-state index contributed by atoms with van der Waals surface area (Å²) in [6.45, 7) is 0. The molecule has 0 atom stereocenters. The maximum Gasteiger partial charge on any atom is 0.257 e. The molecule has 0 aliphatic rings. The summed E-state index contributed by atoms with van der Waals surface area (Å²) in [5.74, 6) is -0.0171. The number of nitrogen functional groups attached to an aromatic ring is 1. The summed E-state index contributed by atoms with van der Waals surface area (Å²) in [5, 5.41) is 4.08. The molecular formula is C11H7ClFN7. The van der Waals surface area contributed by atoms with Crippen LogP contribution < -0.4 is 5.73 Å². The Kier molecular flexibility index (Phi) is 2.99. The summed E-state index contributed by atoms with van der Waals surface area (Å²) in [4.78, 5) is 15.9. The van der Waals surface area contributed by atoms with Crippen molar-refractivity contribution in [2.45, 2.75) is 0 Å². The van der Waals surface area contributed by atoms with Crippen LogP contribution in [0.15, 0.2) is 30.9 Å². The van der Waals surface area contributed by atoms with Gasteiger partial charge in [0.15, 0.2) is 5.82 Å². The van der Waals surface area contributed by atoms with Crippen LogP contribution in [0.4, 0.5) is 10.3 Å². The second-order valence-corrected chi connectivity index (χ2v) is 4.19. The Hall–Kier alpha value is -2.61. The highest BCUT2D eigenvalue weighted by Gasteiger charge is 2.12. The van der Waals surface area contributed by atoms with E-state index in [1.54, 1.807) is 0 Å². The predicted molar refractivity (Wildman–Crippen MR) is 69.6 cm³/mol. The van der Waals surface area contributed by atoms with Gasteiger partial charge in [-0.3, -0.25) is 0 Å². The lowest BCUT2D eigenvalue weighted by Crippen LogP contribution is -2.08. The molecule has 2 heterocycles. The number of nitrogens with zero attached hydrogens (tertiary/aromatic N) is 6. The molecule has 2 aromatic heterocycles. The summed E-state index contributed by atoms with van der Waals surface area (Å²) in [7, 11) is 0. The molecule has 9 heteroatoms. The fourth-order valence-corrected chi connectivity index (χ4v) is 1.84. The fourth-order valence-electron chi connectivity index (χ4n) is 1.59. The van der Waals surface area contributed by atoms with Crippen molar-refractivity contribution in [1.29, 1.82) is 0 Å². The molecule has 20 heavy (non-hydrogen) atoms. The van der Waals surface area contributed by atoms with Crippen LogP contribution in [-0.2, 0) is 0 Å². The minimum Gasteiger partial charge on any atom is -0.368 e. The Labute approximate surface area is 117 Å². The van der Waals surface area contributed by atoms with Gasteiger partial charge >= 0.3 is 0 Å². The number of rotatable bonds is 2. The van der Waals surface area contributed by atoms with Crippen LogP contribution in [0.2, 0.25) is 5.02 Å². The monoisotopic (exact) mass is 291 g/mol. The molecule has 3 rings (SSSR count). The molecular weight excluding hydrogens is 285 g/mol. The first kappa shape index (κ1) is 12.4. The van der Waals surface area contributed by atoms with Crippen LogP contribution >= 0.6 is 11.6 Å². The molecule has 3 aromatic rings. The molecule has 0 radical (unpaired) electrons. The van der Waals surface area contributed by atoms with E-state index in [4.69, 9.17) is 17.3 Å². The Morgan fingerprint density at radius 2 is 2.05 bits per heavy atom. The lowest BCUT2D eigenvalue weighted by atomic mass is 10.2. The van der Waals surface area contributed by atoms with E-state index in [0.29, 0.717) is 5.56 Å². The first-order valence-corrected chi connectivity index (χ1v) is 5.83. The maximum atomic E-state index is 13.1. The van der Waals surface area contributed by atoms with Gasteiger partial charge in [-0.1, -0.05) is 11.6 Å². The second-order valence-electron chi connectivity index (χ2n) is 3.78. The average Bonchev–Trinajstić information content (AvgIpc) is 2.91. The minimum atomic E-state index is -0.447. The van der Waals surface area contributed by atoms with Crippen LogP contribution in [0.5, 0.6) is 0 Å². The molecule has 0 saturated heterocycles. The summed E-state index contributed by atoms with van der Waals surface area (Å²) >= 11 is 5.98. The molecule has 0 fully saturated rings. The van der Waals surface area contributed by atoms with Crippen molar-refractivity contribution in [3.63, 3.8) is 0 Å². The molecule has 1 aromatic carbocycles. The van der Waals surface area contributed by atoms with Crippen LogP contribution in [0.1, 0.15) is 0 Å². The van der Waals surface area contributed by atoms with Crippen molar-refractivity contribution in [3.05, 3.63) is 41.7 Å². The smallest absolute Gasteiger partial charge is 0.257 e. The first-order chi connectivity index (χ1) is 9.63. The van der Waals surface area contributed by atoms with Crippen molar-refractivity contribution in [2.75, 3.05) is 5.73 Å². The summed E-state index contributed by atoms with van der Waals surface area (Å²) in [5.41, 5.74) is 6.09. The molecule has 2 N–H and O–H groups in total. The Balaban J connectivity index is 2.14. The normalized spacial score (nSPS) is 10.7. The van der Waals surface area contributed by atoms with Crippen LogP contribution in [0.3, 0.4) is 0 Å². The van der Waals surface area contributed by atoms with Gasteiger partial charge in [-0.15, -0.1) is 0 Å². The van der Waals surface area contributed by atoms with E-state index in [1.807, 2.05) is 0 Å². The number of benzene rings is 1. The van der Waals surface area contributed by atoms with Crippen LogP contribution in [0, 0.1) is 5.82 Å². The van der Waals surface area contributed by atoms with E-state index in [2.05, 4.69) is 25.0 Å². The van der Waals surface area contributed by atoms with Gasteiger partial charge in [0, 0.05) is 5.56 Å². The molecule has 7 nitrogen and oxygen atoms in total. The zero-order valence-corrected chi connectivity index (χ0v) is 10.7. The van der Waals surface area contributed by atoms with E-state index in [1.165, 1.54) is 35.5 Å². The highest BCUT2D eigenvalue weighted by molar-refractivity contribution is 6.33. The Morgan fingerprint density at radius 3 is 2.75 bits per heavy atom. The molecule has 0 saturated carbocycles. The lowest BCUT2D eigenvalue weighted by Gasteiger charge is -2.06. The van der Waals surface area contributed by atoms with Crippen molar-refractivity contribution in [2.24, 2.45) is 0 Å². The van der Waals surface area contributed by atoms with Gasteiger partial charge in [0.05, 0.1) is 5.02 Å². The third-order valence-corrected chi connectivity index (χ3v) is 2.75. The van der Waals surface area contributed by atoms with Gasteiger partial charge in [0.1, 0.15) is 18.5 Å². The van der Waals surface area contributed by atoms with E-state index < -0.39 is 5.82 Å². The standard InChI is InChI=1S/C11H7ClFN7/c12-8-3-6(13)1-2-7(8)9-17-10(14)19-11(18-9)20-5-15-4-16-20/h1-5H,(H2,14,17,18,19). The van der Waals surface area contributed by atoms with Crippen LogP contribution in [0.25, 0.3) is 17.3 Å². The lowest BCUT2D eigenvalue weighted by molar-refractivity contribution is 0.628. The summed E-state index contributed by atoms with van der Waals surface area (Å²) in [6, 6.07) is 3.90.